The molecule has 170 valence electrons. The Morgan fingerprint density at radius 2 is 1.94 bits per heavy atom. The standard InChI is InChI=1S/C25H26FN5O2/c1-18-21(17-27-31(18)24-5-3-2-4-22(24)26)25(32)28-20-6-7-23-19(16-20)8-9-30(23)11-10-29-12-14-33-15-13-29/h2-9,16-17H,10-15H2,1H3,(H,28,32). The van der Waals surface area contributed by atoms with E-state index in [1.165, 1.54) is 16.9 Å². The second-order valence-electron chi connectivity index (χ2n) is 8.20. The third-order valence-corrected chi connectivity index (χ3v) is 6.12. The Kier molecular flexibility index (Phi) is 5.93. The second kappa shape index (κ2) is 9.17. The highest BCUT2D eigenvalue weighted by molar-refractivity contribution is 6.05. The zero-order valence-corrected chi connectivity index (χ0v) is 18.5. The van der Waals surface area contributed by atoms with Crippen LogP contribution in [0.4, 0.5) is 10.1 Å². The van der Waals surface area contributed by atoms with Crippen molar-refractivity contribution in [3.05, 3.63) is 78.0 Å². The maximum atomic E-state index is 14.2. The summed E-state index contributed by atoms with van der Waals surface area (Å²) in [6.07, 6.45) is 3.55. The molecule has 1 saturated heterocycles. The van der Waals surface area contributed by atoms with Gasteiger partial charge in [0.15, 0.2) is 0 Å². The van der Waals surface area contributed by atoms with Gasteiger partial charge in [-0.3, -0.25) is 9.69 Å². The van der Waals surface area contributed by atoms with Gasteiger partial charge in [-0.1, -0.05) is 12.1 Å². The average Bonchev–Trinajstić information content (AvgIpc) is 3.41. The quantitative estimate of drug-likeness (QED) is 0.488. The van der Waals surface area contributed by atoms with E-state index in [1.807, 2.05) is 18.2 Å². The number of para-hydroxylation sites is 1. The van der Waals surface area contributed by atoms with Gasteiger partial charge in [-0.05, 0) is 43.3 Å². The molecular weight excluding hydrogens is 421 g/mol. The summed E-state index contributed by atoms with van der Waals surface area (Å²) >= 11 is 0. The van der Waals surface area contributed by atoms with Gasteiger partial charge in [-0.25, -0.2) is 9.07 Å². The predicted octanol–water partition coefficient (Wildman–Crippen LogP) is 3.86. The van der Waals surface area contributed by atoms with E-state index in [2.05, 4.69) is 32.1 Å². The number of rotatable bonds is 6. The first kappa shape index (κ1) is 21.4. The summed E-state index contributed by atoms with van der Waals surface area (Å²) in [5.74, 6) is -0.666. The van der Waals surface area contributed by atoms with E-state index in [0.717, 1.165) is 50.3 Å². The Labute approximate surface area is 191 Å². The molecule has 2 aromatic carbocycles. The Hall–Kier alpha value is -3.49. The average molecular weight is 448 g/mol. The first-order chi connectivity index (χ1) is 16.1. The zero-order chi connectivity index (χ0) is 22.8. The molecule has 33 heavy (non-hydrogen) atoms. The van der Waals surface area contributed by atoms with Gasteiger partial charge >= 0.3 is 0 Å². The number of anilines is 1. The van der Waals surface area contributed by atoms with Crippen molar-refractivity contribution in [1.82, 2.24) is 19.2 Å². The first-order valence-corrected chi connectivity index (χ1v) is 11.1. The minimum absolute atomic E-state index is 0.277. The molecule has 1 amide bonds. The molecule has 5 rings (SSSR count). The first-order valence-electron chi connectivity index (χ1n) is 11.1. The molecule has 8 heteroatoms. The molecular formula is C25H26FN5O2. The highest BCUT2D eigenvalue weighted by Crippen LogP contribution is 2.23. The molecule has 0 atom stereocenters. The van der Waals surface area contributed by atoms with Gasteiger partial charge in [-0.2, -0.15) is 5.10 Å². The van der Waals surface area contributed by atoms with Crippen molar-refractivity contribution < 1.29 is 13.9 Å². The van der Waals surface area contributed by atoms with Crippen molar-refractivity contribution in [2.75, 3.05) is 38.2 Å². The molecule has 0 unspecified atom stereocenters. The molecule has 0 radical (unpaired) electrons. The van der Waals surface area contributed by atoms with Gasteiger partial charge in [0.2, 0.25) is 0 Å². The number of halogens is 1. The van der Waals surface area contributed by atoms with Crippen LogP contribution in [0.5, 0.6) is 0 Å². The smallest absolute Gasteiger partial charge is 0.259 e. The van der Waals surface area contributed by atoms with Crippen LogP contribution < -0.4 is 5.32 Å². The lowest BCUT2D eigenvalue weighted by Gasteiger charge is -2.26. The number of amides is 1. The Morgan fingerprint density at radius 1 is 1.12 bits per heavy atom. The highest BCUT2D eigenvalue weighted by Gasteiger charge is 2.17. The van der Waals surface area contributed by atoms with E-state index in [9.17, 15) is 9.18 Å². The molecule has 0 bridgehead atoms. The number of nitrogens with zero attached hydrogens (tertiary/aromatic N) is 4. The number of ether oxygens (including phenoxy) is 1. The third-order valence-electron chi connectivity index (χ3n) is 6.12. The van der Waals surface area contributed by atoms with E-state index < -0.39 is 0 Å². The summed E-state index contributed by atoms with van der Waals surface area (Å²) in [6.45, 7) is 7.19. The van der Waals surface area contributed by atoms with Crippen LogP contribution in [0.3, 0.4) is 0 Å². The van der Waals surface area contributed by atoms with Crippen molar-refractivity contribution in [2.45, 2.75) is 13.5 Å². The lowest BCUT2D eigenvalue weighted by molar-refractivity contribution is 0.0365. The summed E-state index contributed by atoms with van der Waals surface area (Å²) in [5, 5.41) is 8.23. The van der Waals surface area contributed by atoms with Gasteiger partial charge in [0, 0.05) is 49.0 Å². The molecule has 1 aliphatic rings. The molecule has 4 aromatic rings. The van der Waals surface area contributed by atoms with E-state index in [0.29, 0.717) is 22.6 Å². The van der Waals surface area contributed by atoms with Crippen molar-refractivity contribution in [3.8, 4) is 5.69 Å². The molecule has 1 aliphatic heterocycles. The van der Waals surface area contributed by atoms with Crippen LogP contribution >= 0.6 is 0 Å². The Morgan fingerprint density at radius 3 is 2.76 bits per heavy atom. The molecule has 3 heterocycles. The largest absolute Gasteiger partial charge is 0.379 e. The summed E-state index contributed by atoms with van der Waals surface area (Å²) in [5.41, 5.74) is 3.13. The number of benzene rings is 2. The van der Waals surface area contributed by atoms with Gasteiger partial charge < -0.3 is 14.6 Å². The van der Waals surface area contributed by atoms with E-state index in [1.54, 1.807) is 25.1 Å². The number of hydrogen-bond acceptors (Lipinski definition) is 4. The predicted molar refractivity (Wildman–Crippen MR) is 125 cm³/mol. The van der Waals surface area contributed by atoms with Gasteiger partial charge in [0.25, 0.3) is 5.91 Å². The summed E-state index contributed by atoms with van der Waals surface area (Å²) < 4.78 is 23.2. The SMILES string of the molecule is Cc1c(C(=O)Nc2ccc3c(ccn3CCN3CCOCC3)c2)cnn1-c1ccccc1F. The van der Waals surface area contributed by atoms with E-state index >= 15 is 0 Å². The minimum Gasteiger partial charge on any atom is -0.379 e. The highest BCUT2D eigenvalue weighted by atomic mass is 19.1. The van der Waals surface area contributed by atoms with E-state index in [4.69, 9.17) is 4.74 Å². The summed E-state index contributed by atoms with van der Waals surface area (Å²) in [7, 11) is 0. The number of hydrogen-bond donors (Lipinski definition) is 1. The molecule has 1 N–H and O–H groups in total. The monoisotopic (exact) mass is 447 g/mol. The van der Waals surface area contributed by atoms with Crippen LogP contribution in [0.15, 0.2) is 60.9 Å². The number of aromatic nitrogens is 3. The molecule has 0 spiro atoms. The molecule has 2 aromatic heterocycles. The fourth-order valence-electron chi connectivity index (χ4n) is 4.24. The number of nitrogens with one attached hydrogen (secondary N) is 1. The van der Waals surface area contributed by atoms with E-state index in [-0.39, 0.29) is 11.7 Å². The number of carbonyl (C=O) groups excluding carboxylic acids is 1. The maximum Gasteiger partial charge on any atom is 0.259 e. The summed E-state index contributed by atoms with van der Waals surface area (Å²) in [4.78, 5) is 15.3. The molecule has 1 fully saturated rings. The zero-order valence-electron chi connectivity index (χ0n) is 18.5. The van der Waals surface area contributed by atoms with Gasteiger partial charge in [-0.15, -0.1) is 0 Å². The Balaban J connectivity index is 1.29. The molecule has 7 nitrogen and oxygen atoms in total. The number of carbonyl (C=O) groups is 1. The Bertz CT molecular complexity index is 1290. The van der Waals surface area contributed by atoms with Crippen molar-refractivity contribution >= 4 is 22.5 Å². The maximum absolute atomic E-state index is 14.2. The van der Waals surface area contributed by atoms with Crippen LogP contribution in [0, 0.1) is 12.7 Å². The van der Waals surface area contributed by atoms with Crippen molar-refractivity contribution in [1.29, 1.82) is 0 Å². The van der Waals surface area contributed by atoms with Crippen LogP contribution in [0.25, 0.3) is 16.6 Å². The number of morpholine rings is 1. The normalized spacial score (nSPS) is 14.6. The lowest BCUT2D eigenvalue weighted by Crippen LogP contribution is -2.38. The van der Waals surface area contributed by atoms with Crippen LogP contribution in [-0.4, -0.2) is 58.0 Å². The third kappa shape index (κ3) is 4.40. The summed E-state index contributed by atoms with van der Waals surface area (Å²) in [6, 6.07) is 14.3. The molecule has 0 aliphatic carbocycles. The van der Waals surface area contributed by atoms with Gasteiger partial charge in [0.05, 0.1) is 30.7 Å². The second-order valence-corrected chi connectivity index (χ2v) is 8.20. The van der Waals surface area contributed by atoms with Crippen molar-refractivity contribution in [3.63, 3.8) is 0 Å². The van der Waals surface area contributed by atoms with Crippen LogP contribution in [-0.2, 0) is 11.3 Å². The fourth-order valence-corrected chi connectivity index (χ4v) is 4.24. The van der Waals surface area contributed by atoms with Gasteiger partial charge in [0.1, 0.15) is 11.5 Å². The minimum atomic E-state index is -0.390. The fraction of sp³-hybridized carbons (Fsp3) is 0.280. The van der Waals surface area contributed by atoms with Crippen molar-refractivity contribution in [2.24, 2.45) is 0 Å². The molecule has 0 saturated carbocycles. The lowest BCUT2D eigenvalue weighted by atomic mass is 10.2. The number of fused-ring (bicyclic) bond motifs is 1. The topological polar surface area (TPSA) is 64.3 Å². The van der Waals surface area contributed by atoms with Crippen LogP contribution in [0.2, 0.25) is 0 Å². The van der Waals surface area contributed by atoms with Crippen LogP contribution in [0.1, 0.15) is 16.1 Å².